The van der Waals surface area contributed by atoms with E-state index >= 15 is 0 Å². The van der Waals surface area contributed by atoms with Crippen molar-refractivity contribution in [3.63, 3.8) is 0 Å². The van der Waals surface area contributed by atoms with Gasteiger partial charge in [-0.2, -0.15) is 0 Å². The molecule has 1 aliphatic rings. The molecule has 0 spiro atoms. The molecule has 82 valence electrons. The minimum atomic E-state index is -3.00. The van der Waals surface area contributed by atoms with Crippen LogP contribution in [0.1, 0.15) is 6.42 Å². The summed E-state index contributed by atoms with van der Waals surface area (Å²) in [7, 11) is -3.00. The van der Waals surface area contributed by atoms with Gasteiger partial charge < -0.3 is 4.90 Å². The summed E-state index contributed by atoms with van der Waals surface area (Å²) in [6.07, 6.45) is 7.02. The summed E-state index contributed by atoms with van der Waals surface area (Å²) in [5, 5.41) is 0. The van der Waals surface area contributed by atoms with Crippen molar-refractivity contribution in [3.8, 4) is 12.3 Å². The fourth-order valence-electron chi connectivity index (χ4n) is 1.64. The summed E-state index contributed by atoms with van der Waals surface area (Å²) in [5.41, 5.74) is 0. The largest absolute Gasteiger partial charge is 0.324 e. The Morgan fingerprint density at radius 3 is 2.73 bits per heavy atom. The molecular formula is C10H13NO3S. The summed E-state index contributed by atoms with van der Waals surface area (Å²) in [6, 6.07) is -0.295. The van der Waals surface area contributed by atoms with E-state index in [1.807, 2.05) is 5.92 Å². The van der Waals surface area contributed by atoms with E-state index in [1.54, 1.807) is 6.08 Å². The summed E-state index contributed by atoms with van der Waals surface area (Å²) < 4.78 is 22.5. The van der Waals surface area contributed by atoms with Crippen molar-refractivity contribution in [2.24, 2.45) is 0 Å². The molecule has 1 amide bonds. The van der Waals surface area contributed by atoms with E-state index in [0.29, 0.717) is 13.0 Å². The van der Waals surface area contributed by atoms with E-state index in [4.69, 9.17) is 6.42 Å². The lowest BCUT2D eigenvalue weighted by molar-refractivity contribution is -0.126. The second-order valence-corrected chi connectivity index (χ2v) is 5.68. The average Bonchev–Trinajstić information content (AvgIpc) is 2.54. The molecule has 0 bridgehead atoms. The standard InChI is InChI=1S/C10H13NO3S/c1-3-6-11(10(12)4-2)9-5-7-15(13,14)8-9/h2-3,9H,1,5-8H2. The second kappa shape index (κ2) is 4.49. The first-order valence-electron chi connectivity index (χ1n) is 4.58. The van der Waals surface area contributed by atoms with E-state index < -0.39 is 15.7 Å². The Balaban J connectivity index is 2.79. The number of hydrogen-bond acceptors (Lipinski definition) is 3. The van der Waals surface area contributed by atoms with Crippen molar-refractivity contribution in [1.29, 1.82) is 0 Å². The average molecular weight is 227 g/mol. The molecule has 1 saturated heterocycles. The van der Waals surface area contributed by atoms with Gasteiger partial charge in [0.15, 0.2) is 9.84 Å². The van der Waals surface area contributed by atoms with Crippen LogP contribution < -0.4 is 0 Å². The maximum Gasteiger partial charge on any atom is 0.298 e. The van der Waals surface area contributed by atoms with Crippen molar-refractivity contribution in [2.75, 3.05) is 18.1 Å². The Hall–Kier alpha value is -1.28. The Labute approximate surface area is 89.9 Å². The van der Waals surface area contributed by atoms with E-state index in [1.165, 1.54) is 4.90 Å². The van der Waals surface area contributed by atoms with Gasteiger partial charge in [0.05, 0.1) is 11.5 Å². The third kappa shape index (κ3) is 2.83. The van der Waals surface area contributed by atoms with Gasteiger partial charge in [-0.05, 0) is 12.3 Å². The van der Waals surface area contributed by atoms with Gasteiger partial charge in [-0.3, -0.25) is 4.79 Å². The van der Waals surface area contributed by atoms with Gasteiger partial charge in [-0.1, -0.05) is 6.08 Å². The normalized spacial score (nSPS) is 23.0. The smallest absolute Gasteiger partial charge is 0.298 e. The molecule has 1 atom stereocenters. The number of hydrogen-bond donors (Lipinski definition) is 0. The molecule has 0 aliphatic carbocycles. The number of sulfone groups is 1. The Morgan fingerprint density at radius 1 is 1.67 bits per heavy atom. The van der Waals surface area contributed by atoms with Crippen molar-refractivity contribution in [2.45, 2.75) is 12.5 Å². The second-order valence-electron chi connectivity index (χ2n) is 3.45. The lowest BCUT2D eigenvalue weighted by Gasteiger charge is -2.24. The molecule has 1 aliphatic heterocycles. The van der Waals surface area contributed by atoms with E-state index in [-0.39, 0.29) is 17.5 Å². The third-order valence-corrected chi connectivity index (χ3v) is 4.11. The first-order valence-corrected chi connectivity index (χ1v) is 6.41. The first-order chi connectivity index (χ1) is 7.00. The number of carbonyl (C=O) groups excluding carboxylic acids is 1. The zero-order valence-electron chi connectivity index (χ0n) is 8.35. The van der Waals surface area contributed by atoms with Crippen LogP contribution in [0.2, 0.25) is 0 Å². The molecule has 0 N–H and O–H groups in total. The quantitative estimate of drug-likeness (QED) is 0.496. The van der Waals surface area contributed by atoms with Crippen LogP contribution in [-0.2, 0) is 14.6 Å². The van der Waals surface area contributed by atoms with Crippen LogP contribution in [0, 0.1) is 12.3 Å². The maximum absolute atomic E-state index is 11.3. The van der Waals surface area contributed by atoms with E-state index in [0.717, 1.165) is 0 Å². The number of carbonyl (C=O) groups is 1. The molecule has 0 aromatic heterocycles. The molecule has 1 rings (SSSR count). The van der Waals surface area contributed by atoms with Gasteiger partial charge in [0.1, 0.15) is 0 Å². The summed E-state index contributed by atoms with van der Waals surface area (Å²) in [6.45, 7) is 3.81. The van der Waals surface area contributed by atoms with Crippen LogP contribution in [0.3, 0.4) is 0 Å². The van der Waals surface area contributed by atoms with E-state index in [9.17, 15) is 13.2 Å². The van der Waals surface area contributed by atoms with Gasteiger partial charge in [0.25, 0.3) is 5.91 Å². The highest BCUT2D eigenvalue weighted by Crippen LogP contribution is 2.17. The predicted octanol–water partition coefficient (Wildman–Crippen LogP) is -0.179. The molecule has 15 heavy (non-hydrogen) atoms. The zero-order chi connectivity index (χ0) is 11.5. The predicted molar refractivity (Wildman–Crippen MR) is 57.8 cm³/mol. The third-order valence-electron chi connectivity index (χ3n) is 2.36. The van der Waals surface area contributed by atoms with Gasteiger partial charge >= 0.3 is 0 Å². The lowest BCUT2D eigenvalue weighted by Crippen LogP contribution is -2.40. The first kappa shape index (κ1) is 11.8. The molecule has 1 unspecified atom stereocenters. The molecule has 0 aromatic rings. The molecule has 1 heterocycles. The van der Waals surface area contributed by atoms with Crippen LogP contribution in [0.15, 0.2) is 12.7 Å². The summed E-state index contributed by atoms with van der Waals surface area (Å²) >= 11 is 0. The van der Waals surface area contributed by atoms with E-state index in [2.05, 4.69) is 6.58 Å². The molecule has 5 heteroatoms. The lowest BCUT2D eigenvalue weighted by atomic mass is 10.2. The fourth-order valence-corrected chi connectivity index (χ4v) is 3.37. The molecule has 4 nitrogen and oxygen atoms in total. The highest BCUT2D eigenvalue weighted by molar-refractivity contribution is 7.91. The highest BCUT2D eigenvalue weighted by atomic mass is 32.2. The number of nitrogens with zero attached hydrogens (tertiary/aromatic N) is 1. The maximum atomic E-state index is 11.3. The van der Waals surface area contributed by atoms with Crippen molar-refractivity contribution in [1.82, 2.24) is 4.90 Å². The Bertz CT molecular complexity index is 405. The van der Waals surface area contributed by atoms with Crippen LogP contribution >= 0.6 is 0 Å². The topological polar surface area (TPSA) is 54.5 Å². The van der Waals surface area contributed by atoms with Gasteiger partial charge in [0, 0.05) is 12.6 Å². The van der Waals surface area contributed by atoms with Crippen molar-refractivity contribution < 1.29 is 13.2 Å². The van der Waals surface area contributed by atoms with Crippen molar-refractivity contribution >= 4 is 15.7 Å². The minimum absolute atomic E-state index is 0.00819. The SMILES string of the molecule is C#CC(=O)N(CC=C)C1CCS(=O)(=O)C1. The number of terminal acetylenes is 1. The van der Waals surface area contributed by atoms with Crippen LogP contribution in [-0.4, -0.2) is 43.3 Å². The fraction of sp³-hybridized carbons (Fsp3) is 0.500. The molecular weight excluding hydrogens is 214 g/mol. The molecule has 0 saturated carbocycles. The van der Waals surface area contributed by atoms with Gasteiger partial charge in [-0.25, -0.2) is 8.42 Å². The van der Waals surface area contributed by atoms with Crippen LogP contribution in [0.25, 0.3) is 0 Å². The minimum Gasteiger partial charge on any atom is -0.324 e. The molecule has 1 fully saturated rings. The zero-order valence-corrected chi connectivity index (χ0v) is 9.16. The summed E-state index contributed by atoms with van der Waals surface area (Å²) in [4.78, 5) is 12.7. The number of rotatable bonds is 3. The Kier molecular flexibility index (Phi) is 3.53. The van der Waals surface area contributed by atoms with Crippen LogP contribution in [0.4, 0.5) is 0 Å². The van der Waals surface area contributed by atoms with Gasteiger partial charge in [0.2, 0.25) is 0 Å². The molecule has 0 aromatic carbocycles. The number of amides is 1. The highest BCUT2D eigenvalue weighted by Gasteiger charge is 2.33. The van der Waals surface area contributed by atoms with Gasteiger partial charge in [-0.15, -0.1) is 13.0 Å². The monoisotopic (exact) mass is 227 g/mol. The van der Waals surface area contributed by atoms with Crippen LogP contribution in [0.5, 0.6) is 0 Å². The van der Waals surface area contributed by atoms with Crippen molar-refractivity contribution in [3.05, 3.63) is 12.7 Å². The Morgan fingerprint density at radius 2 is 2.33 bits per heavy atom. The summed E-state index contributed by atoms with van der Waals surface area (Å²) in [5.74, 6) is 1.66. The molecule has 0 radical (unpaired) electrons.